The first-order chi connectivity index (χ1) is 10.6. The number of aromatic nitrogens is 1. The first-order valence-electron chi connectivity index (χ1n) is 6.62. The normalized spacial score (nSPS) is 10.4. The average molecular weight is 295 g/mol. The Kier molecular flexibility index (Phi) is 3.55. The summed E-state index contributed by atoms with van der Waals surface area (Å²) in [4.78, 5) is 7.05. The number of hydrogen-bond donors (Lipinski definition) is 2. The Labute approximate surface area is 125 Å². The Balaban J connectivity index is 1.90. The van der Waals surface area contributed by atoms with Crippen molar-refractivity contribution in [3.63, 3.8) is 0 Å². The molecule has 2 aromatic carbocycles. The van der Waals surface area contributed by atoms with Gasteiger partial charge in [-0.2, -0.15) is 4.98 Å². The van der Waals surface area contributed by atoms with Gasteiger partial charge in [0.25, 0.3) is 6.01 Å². The van der Waals surface area contributed by atoms with Gasteiger partial charge in [0.15, 0.2) is 5.58 Å². The smallest absolute Gasteiger partial charge is 0.300 e. The summed E-state index contributed by atoms with van der Waals surface area (Å²) in [5, 5.41) is 16.2. The van der Waals surface area contributed by atoms with Gasteiger partial charge in [0, 0.05) is 16.7 Å². The van der Waals surface area contributed by atoms with Crippen LogP contribution in [0, 0.1) is 6.92 Å². The molecule has 0 bridgehead atoms. The van der Waals surface area contributed by atoms with Crippen LogP contribution in [-0.4, -0.2) is 10.1 Å². The predicted octanol–water partition coefficient (Wildman–Crippen LogP) is 4.40. The van der Waals surface area contributed by atoms with Crippen LogP contribution in [0.2, 0.25) is 0 Å². The maximum Gasteiger partial charge on any atom is 0.300 e. The van der Waals surface area contributed by atoms with Crippen molar-refractivity contribution >= 4 is 22.8 Å². The first-order valence-corrected chi connectivity index (χ1v) is 6.62. The number of aromatic hydroxyl groups is 1. The van der Waals surface area contributed by atoms with Crippen LogP contribution in [0.5, 0.6) is 5.75 Å². The number of anilines is 2. The van der Waals surface area contributed by atoms with E-state index >= 15 is 0 Å². The van der Waals surface area contributed by atoms with E-state index in [2.05, 4.69) is 20.3 Å². The van der Waals surface area contributed by atoms with Crippen LogP contribution >= 0.6 is 0 Å². The van der Waals surface area contributed by atoms with Gasteiger partial charge >= 0.3 is 0 Å². The minimum absolute atomic E-state index is 0.0695. The van der Waals surface area contributed by atoms with E-state index in [-0.39, 0.29) is 12.3 Å². The first kappa shape index (κ1) is 13.8. The van der Waals surface area contributed by atoms with E-state index in [1.165, 1.54) is 6.07 Å². The van der Waals surface area contributed by atoms with Gasteiger partial charge in [0.2, 0.25) is 0 Å². The number of nitrogens with zero attached hydrogens (tertiary/aromatic N) is 4. The lowest BCUT2D eigenvalue weighted by Crippen LogP contribution is -1.92. The number of oxazole rings is 1. The van der Waals surface area contributed by atoms with E-state index in [1.54, 1.807) is 12.1 Å². The van der Waals surface area contributed by atoms with Gasteiger partial charge in [-0.05, 0) is 47.8 Å². The van der Waals surface area contributed by atoms with Crippen LogP contribution in [0.25, 0.3) is 21.5 Å². The number of hydrogen-bond acceptors (Lipinski definition) is 5. The predicted molar refractivity (Wildman–Crippen MR) is 83.0 cm³/mol. The number of aryl methyl sites for hydroxylation is 1. The minimum Gasteiger partial charge on any atom is -0.508 e. The van der Waals surface area contributed by atoms with Gasteiger partial charge in [-0.15, -0.1) is 0 Å². The van der Waals surface area contributed by atoms with Gasteiger partial charge < -0.3 is 14.8 Å². The van der Waals surface area contributed by atoms with Crippen LogP contribution in [0.15, 0.2) is 45.9 Å². The van der Waals surface area contributed by atoms with Crippen LogP contribution < -0.4 is 5.32 Å². The Morgan fingerprint density at radius 2 is 2.18 bits per heavy atom. The van der Waals surface area contributed by atoms with Gasteiger partial charge in [-0.1, -0.05) is 11.2 Å². The van der Waals surface area contributed by atoms with Crippen molar-refractivity contribution in [3.05, 3.63) is 58.0 Å². The highest BCUT2D eigenvalue weighted by Gasteiger charge is 2.07. The lowest BCUT2D eigenvalue weighted by molar-refractivity contribution is 0.475. The van der Waals surface area contributed by atoms with Crippen LogP contribution in [0.3, 0.4) is 0 Å². The molecule has 0 aliphatic rings. The standard InChI is InChI=1S/C15H13N5O2/c1-9-2-3-14-13(4-9)19-15(22-14)18-11-5-10(8-17-20-16)6-12(21)7-11/h2-7,21H,8H2,1H3,(H,18,19). The monoisotopic (exact) mass is 295 g/mol. The summed E-state index contributed by atoms with van der Waals surface area (Å²) in [6.07, 6.45) is 0. The molecule has 0 atom stereocenters. The molecule has 7 nitrogen and oxygen atoms in total. The zero-order chi connectivity index (χ0) is 15.5. The van der Waals surface area contributed by atoms with Crippen molar-refractivity contribution < 1.29 is 9.52 Å². The fourth-order valence-electron chi connectivity index (χ4n) is 2.17. The molecule has 0 saturated heterocycles. The molecule has 0 fully saturated rings. The molecule has 0 amide bonds. The Morgan fingerprint density at radius 3 is 3.00 bits per heavy atom. The largest absolute Gasteiger partial charge is 0.508 e. The van der Waals surface area contributed by atoms with Gasteiger partial charge in [0.05, 0.1) is 6.54 Å². The van der Waals surface area contributed by atoms with E-state index in [1.807, 2.05) is 25.1 Å². The molecule has 0 aliphatic heterocycles. The van der Waals surface area contributed by atoms with Crippen LogP contribution in [0.1, 0.15) is 11.1 Å². The average Bonchev–Trinajstić information content (AvgIpc) is 2.85. The number of phenols is 1. The highest BCUT2D eigenvalue weighted by Crippen LogP contribution is 2.26. The molecule has 0 spiro atoms. The molecule has 3 rings (SSSR count). The fraction of sp³-hybridized carbons (Fsp3) is 0.133. The summed E-state index contributed by atoms with van der Waals surface area (Å²) in [5.41, 5.74) is 12.2. The molecule has 0 unspecified atom stereocenters. The number of nitrogens with one attached hydrogen (secondary N) is 1. The molecule has 0 aliphatic carbocycles. The number of rotatable bonds is 4. The molecule has 3 aromatic rings. The second kappa shape index (κ2) is 5.67. The molecule has 0 radical (unpaired) electrons. The zero-order valence-corrected chi connectivity index (χ0v) is 11.8. The summed E-state index contributed by atoms with van der Waals surface area (Å²) >= 11 is 0. The molecule has 0 saturated carbocycles. The molecule has 1 heterocycles. The number of azide groups is 1. The second-order valence-electron chi connectivity index (χ2n) is 4.89. The van der Waals surface area contributed by atoms with Crippen LogP contribution in [0.4, 0.5) is 11.7 Å². The van der Waals surface area contributed by atoms with E-state index in [0.29, 0.717) is 22.8 Å². The molecular weight excluding hydrogens is 282 g/mol. The summed E-state index contributed by atoms with van der Waals surface area (Å²) in [7, 11) is 0. The van der Waals surface area contributed by atoms with Crippen molar-refractivity contribution in [2.45, 2.75) is 13.5 Å². The number of fused-ring (bicyclic) bond motifs is 1. The minimum atomic E-state index is 0.0695. The van der Waals surface area contributed by atoms with E-state index in [0.717, 1.165) is 11.1 Å². The summed E-state index contributed by atoms with van der Waals surface area (Å²) in [6, 6.07) is 10.9. The van der Waals surface area contributed by atoms with Gasteiger partial charge in [-0.3, -0.25) is 0 Å². The number of phenolic OH excluding ortho intramolecular Hbond substituents is 1. The summed E-state index contributed by atoms with van der Waals surface area (Å²) < 4.78 is 5.60. The third kappa shape index (κ3) is 2.94. The summed E-state index contributed by atoms with van der Waals surface area (Å²) in [5.74, 6) is 0.0695. The van der Waals surface area contributed by atoms with E-state index in [9.17, 15) is 5.11 Å². The SMILES string of the molecule is Cc1ccc2oc(Nc3cc(O)cc(CN=[N+]=[N-])c3)nc2c1. The highest BCUT2D eigenvalue weighted by atomic mass is 16.4. The van der Waals surface area contributed by atoms with Crippen molar-refractivity contribution in [1.29, 1.82) is 0 Å². The number of benzene rings is 2. The maximum absolute atomic E-state index is 9.72. The molecule has 2 N–H and O–H groups in total. The van der Waals surface area contributed by atoms with Gasteiger partial charge in [0.1, 0.15) is 11.3 Å². The lowest BCUT2D eigenvalue weighted by atomic mass is 10.2. The fourth-order valence-corrected chi connectivity index (χ4v) is 2.17. The van der Waals surface area contributed by atoms with Crippen molar-refractivity contribution in [1.82, 2.24) is 4.98 Å². The lowest BCUT2D eigenvalue weighted by Gasteiger charge is -2.05. The quantitative estimate of drug-likeness (QED) is 0.422. The zero-order valence-electron chi connectivity index (χ0n) is 11.8. The van der Waals surface area contributed by atoms with E-state index < -0.39 is 0 Å². The third-order valence-corrected chi connectivity index (χ3v) is 3.09. The Hall–Kier alpha value is -3.18. The molecule has 110 valence electrons. The van der Waals surface area contributed by atoms with Crippen LogP contribution in [-0.2, 0) is 6.54 Å². The van der Waals surface area contributed by atoms with Crippen molar-refractivity contribution in [2.24, 2.45) is 5.11 Å². The third-order valence-electron chi connectivity index (χ3n) is 3.09. The second-order valence-corrected chi connectivity index (χ2v) is 4.89. The summed E-state index contributed by atoms with van der Waals surface area (Å²) in [6.45, 7) is 2.14. The Morgan fingerprint density at radius 1 is 1.32 bits per heavy atom. The topological polar surface area (TPSA) is 107 Å². The van der Waals surface area contributed by atoms with Gasteiger partial charge in [-0.25, -0.2) is 0 Å². The van der Waals surface area contributed by atoms with E-state index in [4.69, 9.17) is 9.95 Å². The molecular formula is C15H13N5O2. The van der Waals surface area contributed by atoms with Crippen molar-refractivity contribution in [2.75, 3.05) is 5.32 Å². The van der Waals surface area contributed by atoms with Crippen molar-refractivity contribution in [3.8, 4) is 5.75 Å². The molecule has 7 heteroatoms. The maximum atomic E-state index is 9.72. The highest BCUT2D eigenvalue weighted by molar-refractivity contribution is 5.76. The Bertz CT molecular complexity index is 881. The molecule has 22 heavy (non-hydrogen) atoms. The molecule has 1 aromatic heterocycles.